The molecule has 0 bridgehead atoms. The minimum atomic E-state index is -0.119. The Balaban J connectivity index is 2.65. The van der Waals surface area contributed by atoms with Gasteiger partial charge in [0.2, 0.25) is 0 Å². The summed E-state index contributed by atoms with van der Waals surface area (Å²) in [6, 6.07) is 5.39. The van der Waals surface area contributed by atoms with E-state index in [2.05, 4.69) is 51.0 Å². The minimum Gasteiger partial charge on any atom is -0.496 e. The highest BCUT2D eigenvalue weighted by Gasteiger charge is 2.14. The molecule has 0 saturated heterocycles. The zero-order valence-corrected chi connectivity index (χ0v) is 14.5. The second-order valence-corrected chi connectivity index (χ2v) is 6.99. The van der Waals surface area contributed by atoms with E-state index in [4.69, 9.17) is 4.74 Å². The third kappa shape index (κ3) is 5.53. The summed E-state index contributed by atoms with van der Waals surface area (Å²) >= 11 is 6.94. The van der Waals surface area contributed by atoms with Crippen molar-refractivity contribution in [2.24, 2.45) is 5.92 Å². The lowest BCUT2D eigenvalue weighted by Gasteiger charge is -2.14. The summed E-state index contributed by atoms with van der Waals surface area (Å²) in [5, 5.41) is 2.92. The number of hydrogen-bond acceptors (Lipinski definition) is 2. The van der Waals surface area contributed by atoms with Gasteiger partial charge in [-0.05, 0) is 30.5 Å². The van der Waals surface area contributed by atoms with E-state index < -0.39 is 0 Å². The molecule has 19 heavy (non-hydrogen) atoms. The van der Waals surface area contributed by atoms with Crippen molar-refractivity contribution in [3.8, 4) is 5.75 Å². The first-order valence-corrected chi connectivity index (χ1v) is 7.90. The number of carbonyl (C=O) groups excluding carboxylic acids is 1. The summed E-state index contributed by atoms with van der Waals surface area (Å²) in [5.74, 6) is 1.06. The van der Waals surface area contributed by atoms with Gasteiger partial charge >= 0.3 is 0 Å². The second kappa shape index (κ2) is 7.90. The van der Waals surface area contributed by atoms with Gasteiger partial charge in [0, 0.05) is 15.8 Å². The molecule has 1 amide bonds. The number of nitrogens with one attached hydrogen (secondary N) is 1. The fourth-order valence-electron chi connectivity index (χ4n) is 1.75. The monoisotopic (exact) mass is 391 g/mol. The van der Waals surface area contributed by atoms with Gasteiger partial charge in [0.1, 0.15) is 5.75 Å². The number of alkyl halides is 1. The van der Waals surface area contributed by atoms with Crippen LogP contribution in [0.3, 0.4) is 0 Å². The van der Waals surface area contributed by atoms with Crippen molar-refractivity contribution in [3.63, 3.8) is 0 Å². The molecule has 1 rings (SSSR count). The van der Waals surface area contributed by atoms with E-state index in [1.807, 2.05) is 6.07 Å². The predicted octanol–water partition coefficient (Wildman–Crippen LogP) is 4.00. The number of hydrogen-bond donors (Lipinski definition) is 1. The molecule has 0 spiro atoms. The van der Waals surface area contributed by atoms with E-state index in [-0.39, 0.29) is 10.7 Å². The highest BCUT2D eigenvalue weighted by Crippen LogP contribution is 2.23. The van der Waals surface area contributed by atoms with E-state index in [0.717, 1.165) is 10.9 Å². The van der Waals surface area contributed by atoms with E-state index in [1.165, 1.54) is 0 Å². The van der Waals surface area contributed by atoms with Crippen molar-refractivity contribution < 1.29 is 9.53 Å². The van der Waals surface area contributed by atoms with Crippen LogP contribution in [0, 0.1) is 5.92 Å². The van der Waals surface area contributed by atoms with Crippen LogP contribution in [0.1, 0.15) is 30.6 Å². The van der Waals surface area contributed by atoms with Gasteiger partial charge in [0.15, 0.2) is 0 Å². The summed E-state index contributed by atoms with van der Waals surface area (Å²) in [6.07, 6.45) is 1.02. The number of halogens is 2. The molecule has 0 heterocycles. The van der Waals surface area contributed by atoms with Crippen molar-refractivity contribution in [1.29, 1.82) is 0 Å². The lowest BCUT2D eigenvalue weighted by atomic mass is 10.1. The molecule has 0 aliphatic heterocycles. The molecular weight excluding hydrogens is 374 g/mol. The van der Waals surface area contributed by atoms with Crippen LogP contribution < -0.4 is 10.1 Å². The Morgan fingerprint density at radius 2 is 2.11 bits per heavy atom. The molecule has 0 fully saturated rings. The largest absolute Gasteiger partial charge is 0.496 e. The Hall–Kier alpha value is -0.550. The molecule has 0 aliphatic rings. The first-order chi connectivity index (χ1) is 8.93. The van der Waals surface area contributed by atoms with Crippen LogP contribution in [0.5, 0.6) is 5.75 Å². The predicted molar refractivity (Wildman–Crippen MR) is 85.2 cm³/mol. The van der Waals surface area contributed by atoms with Crippen LogP contribution >= 0.6 is 31.9 Å². The maximum atomic E-state index is 12.1. The van der Waals surface area contributed by atoms with Gasteiger partial charge in [-0.3, -0.25) is 4.79 Å². The summed E-state index contributed by atoms with van der Waals surface area (Å²) in [7, 11) is 1.56. The van der Waals surface area contributed by atoms with E-state index in [9.17, 15) is 4.79 Å². The fourth-order valence-corrected chi connectivity index (χ4v) is 3.02. The van der Waals surface area contributed by atoms with Gasteiger partial charge in [0.05, 0.1) is 12.7 Å². The van der Waals surface area contributed by atoms with Crippen LogP contribution in [-0.4, -0.2) is 24.4 Å². The first-order valence-electron chi connectivity index (χ1n) is 6.19. The Morgan fingerprint density at radius 3 is 2.68 bits per heavy atom. The number of ether oxygens (including phenoxy) is 1. The average molecular weight is 393 g/mol. The Morgan fingerprint density at radius 1 is 1.42 bits per heavy atom. The molecule has 0 saturated carbocycles. The zero-order valence-electron chi connectivity index (χ0n) is 11.4. The third-order valence-corrected chi connectivity index (χ3v) is 3.81. The lowest BCUT2D eigenvalue weighted by Crippen LogP contribution is -2.30. The van der Waals surface area contributed by atoms with Gasteiger partial charge < -0.3 is 10.1 Å². The highest BCUT2D eigenvalue weighted by molar-refractivity contribution is 9.10. The summed E-state index contributed by atoms with van der Waals surface area (Å²) in [6.45, 7) is 4.92. The molecule has 1 aromatic carbocycles. The lowest BCUT2D eigenvalue weighted by molar-refractivity contribution is 0.0950. The Labute approximate surface area is 131 Å². The smallest absolute Gasteiger partial charge is 0.255 e. The summed E-state index contributed by atoms with van der Waals surface area (Å²) in [5.41, 5.74) is 0.543. The van der Waals surface area contributed by atoms with Crippen molar-refractivity contribution in [2.45, 2.75) is 25.1 Å². The first kappa shape index (κ1) is 16.5. The quantitative estimate of drug-likeness (QED) is 0.743. The van der Waals surface area contributed by atoms with E-state index >= 15 is 0 Å². The molecule has 0 radical (unpaired) electrons. The molecule has 5 heteroatoms. The van der Waals surface area contributed by atoms with Crippen LogP contribution in [0.4, 0.5) is 0 Å². The molecule has 106 valence electrons. The van der Waals surface area contributed by atoms with Gasteiger partial charge in [-0.15, -0.1) is 0 Å². The van der Waals surface area contributed by atoms with Gasteiger partial charge in [-0.1, -0.05) is 45.7 Å². The minimum absolute atomic E-state index is 0.119. The maximum absolute atomic E-state index is 12.1. The van der Waals surface area contributed by atoms with Crippen LogP contribution in [0.25, 0.3) is 0 Å². The normalized spacial score (nSPS) is 12.3. The van der Waals surface area contributed by atoms with Gasteiger partial charge in [-0.2, -0.15) is 0 Å². The van der Waals surface area contributed by atoms with Gasteiger partial charge in [0.25, 0.3) is 5.91 Å². The van der Waals surface area contributed by atoms with Crippen LogP contribution in [0.2, 0.25) is 0 Å². The Kier molecular flexibility index (Phi) is 6.86. The number of carbonyl (C=O) groups is 1. The SMILES string of the molecule is COc1ccc(Br)cc1C(=O)NCC(Br)CC(C)C. The van der Waals surface area contributed by atoms with E-state index in [1.54, 1.807) is 19.2 Å². The van der Waals surface area contributed by atoms with Crippen molar-refractivity contribution in [3.05, 3.63) is 28.2 Å². The molecule has 3 nitrogen and oxygen atoms in total. The Bertz CT molecular complexity index is 435. The number of rotatable bonds is 6. The second-order valence-electron chi connectivity index (χ2n) is 4.78. The molecular formula is C14H19Br2NO2. The average Bonchev–Trinajstić information content (AvgIpc) is 2.35. The number of benzene rings is 1. The topological polar surface area (TPSA) is 38.3 Å². The van der Waals surface area contributed by atoms with Crippen molar-refractivity contribution >= 4 is 37.8 Å². The molecule has 1 atom stereocenters. The van der Waals surface area contributed by atoms with Gasteiger partial charge in [-0.25, -0.2) is 0 Å². The molecule has 0 aliphatic carbocycles. The molecule has 1 N–H and O–H groups in total. The number of methoxy groups -OCH3 is 1. The summed E-state index contributed by atoms with van der Waals surface area (Å²) in [4.78, 5) is 12.4. The fraction of sp³-hybridized carbons (Fsp3) is 0.500. The van der Waals surface area contributed by atoms with Crippen LogP contribution in [-0.2, 0) is 0 Å². The van der Waals surface area contributed by atoms with Crippen LogP contribution in [0.15, 0.2) is 22.7 Å². The van der Waals surface area contributed by atoms with Crippen molar-refractivity contribution in [1.82, 2.24) is 5.32 Å². The standard InChI is InChI=1S/C14H19Br2NO2/c1-9(2)6-11(16)8-17-14(18)12-7-10(15)4-5-13(12)19-3/h4-5,7,9,11H,6,8H2,1-3H3,(H,17,18). The molecule has 1 unspecified atom stereocenters. The summed E-state index contributed by atoms with van der Waals surface area (Å²) < 4.78 is 6.06. The molecule has 1 aromatic rings. The van der Waals surface area contributed by atoms with Crippen molar-refractivity contribution in [2.75, 3.05) is 13.7 Å². The highest BCUT2D eigenvalue weighted by atomic mass is 79.9. The van der Waals surface area contributed by atoms with E-state index in [0.29, 0.717) is 23.8 Å². The third-order valence-electron chi connectivity index (χ3n) is 2.62. The molecule has 0 aromatic heterocycles. The zero-order chi connectivity index (χ0) is 14.4. The number of amides is 1. The maximum Gasteiger partial charge on any atom is 0.255 e.